The average Bonchev–Trinajstić information content (AvgIpc) is 2.33. The Bertz CT molecular complexity index is 390. The first-order valence-electron chi connectivity index (χ1n) is 7.06. The van der Waals surface area contributed by atoms with Crippen molar-refractivity contribution in [1.82, 2.24) is 9.80 Å². The smallest absolute Gasteiger partial charge is 0.410 e. The zero-order chi connectivity index (χ0) is 15.0. The molecule has 2 saturated heterocycles. The quantitative estimate of drug-likeness (QED) is 0.697. The molecule has 0 saturated carbocycles. The topological polar surface area (TPSA) is 49.9 Å². The molecule has 0 aromatic carbocycles. The predicted molar refractivity (Wildman–Crippen MR) is 76.8 cm³/mol. The second kappa shape index (κ2) is 5.43. The summed E-state index contributed by atoms with van der Waals surface area (Å²) in [6.07, 6.45) is 1.62. The fraction of sp³-hybridized carbons (Fsp3) is 0.857. The van der Waals surface area contributed by atoms with Crippen LogP contribution in [0.5, 0.6) is 0 Å². The summed E-state index contributed by atoms with van der Waals surface area (Å²) in [5, 5.41) is 0. The Kier molecular flexibility index (Phi) is 4.19. The molecule has 5 nitrogen and oxygen atoms in total. The van der Waals surface area contributed by atoms with Crippen LogP contribution >= 0.6 is 11.6 Å². The van der Waals surface area contributed by atoms with Crippen LogP contribution in [0.1, 0.15) is 33.6 Å². The van der Waals surface area contributed by atoms with E-state index < -0.39 is 5.60 Å². The summed E-state index contributed by atoms with van der Waals surface area (Å²) < 4.78 is 5.38. The number of carbonyl (C=O) groups excluding carboxylic acids is 2. The van der Waals surface area contributed by atoms with E-state index in [9.17, 15) is 9.59 Å². The van der Waals surface area contributed by atoms with Crippen molar-refractivity contribution in [3.8, 4) is 0 Å². The molecule has 0 N–H and O–H groups in total. The minimum absolute atomic E-state index is 0.00636. The van der Waals surface area contributed by atoms with E-state index in [2.05, 4.69) is 0 Å². The Morgan fingerprint density at radius 2 is 1.70 bits per heavy atom. The van der Waals surface area contributed by atoms with Gasteiger partial charge in [0, 0.05) is 31.6 Å². The van der Waals surface area contributed by atoms with Gasteiger partial charge in [0.1, 0.15) is 11.5 Å². The minimum atomic E-state index is -0.452. The van der Waals surface area contributed by atoms with Gasteiger partial charge >= 0.3 is 6.09 Å². The van der Waals surface area contributed by atoms with Crippen LogP contribution in [0.3, 0.4) is 0 Å². The van der Waals surface area contributed by atoms with E-state index in [1.807, 2.05) is 20.8 Å². The first-order valence-corrected chi connectivity index (χ1v) is 7.60. The molecule has 2 rings (SSSR count). The van der Waals surface area contributed by atoms with Gasteiger partial charge < -0.3 is 14.5 Å². The van der Waals surface area contributed by atoms with E-state index in [4.69, 9.17) is 16.3 Å². The van der Waals surface area contributed by atoms with Crippen LogP contribution in [0.4, 0.5) is 4.79 Å². The van der Waals surface area contributed by atoms with Gasteiger partial charge in [-0.2, -0.15) is 0 Å². The SMILES string of the molecule is CC(C)(C)OC(=O)N1CCC2(CC1)CN(C(=O)CCl)C2. The Labute approximate surface area is 125 Å². The number of likely N-dealkylation sites (tertiary alicyclic amines) is 2. The van der Waals surface area contributed by atoms with Crippen LogP contribution in [-0.4, -0.2) is 59.5 Å². The highest BCUT2D eigenvalue weighted by Gasteiger charge is 2.47. The van der Waals surface area contributed by atoms with Crippen molar-refractivity contribution >= 4 is 23.6 Å². The number of carbonyl (C=O) groups is 2. The standard InChI is InChI=1S/C14H23ClN2O3/c1-13(2,3)20-12(19)16-6-4-14(5-7-16)9-17(10-14)11(18)8-15/h4-10H2,1-3H3. The number of piperidine rings is 1. The summed E-state index contributed by atoms with van der Waals surface area (Å²) in [7, 11) is 0. The third-order valence-corrected chi connectivity index (χ3v) is 4.22. The predicted octanol–water partition coefficient (Wildman–Crippen LogP) is 2.08. The molecule has 0 atom stereocenters. The van der Waals surface area contributed by atoms with Crippen LogP contribution in [0, 0.1) is 5.41 Å². The molecule has 2 aliphatic heterocycles. The number of amides is 2. The van der Waals surface area contributed by atoms with E-state index in [-0.39, 0.29) is 23.3 Å². The van der Waals surface area contributed by atoms with Gasteiger partial charge in [-0.3, -0.25) is 4.79 Å². The summed E-state index contributed by atoms with van der Waals surface area (Å²) >= 11 is 5.55. The first-order chi connectivity index (χ1) is 9.25. The van der Waals surface area contributed by atoms with Crippen molar-refractivity contribution in [2.45, 2.75) is 39.2 Å². The van der Waals surface area contributed by atoms with Crippen molar-refractivity contribution < 1.29 is 14.3 Å². The summed E-state index contributed by atoms with van der Waals surface area (Å²) in [5.41, 5.74) is -0.257. The third-order valence-electron chi connectivity index (χ3n) is 4.00. The molecule has 1 spiro atoms. The van der Waals surface area contributed by atoms with Gasteiger partial charge in [0.15, 0.2) is 0 Å². The van der Waals surface area contributed by atoms with E-state index in [1.165, 1.54) is 0 Å². The maximum absolute atomic E-state index is 12.0. The van der Waals surface area contributed by atoms with E-state index >= 15 is 0 Å². The van der Waals surface area contributed by atoms with Crippen molar-refractivity contribution in [2.75, 3.05) is 32.1 Å². The molecule has 114 valence electrons. The number of hydrogen-bond donors (Lipinski definition) is 0. The lowest BCUT2D eigenvalue weighted by Gasteiger charge is -2.53. The number of ether oxygens (including phenoxy) is 1. The molecule has 2 heterocycles. The Balaban J connectivity index is 1.79. The lowest BCUT2D eigenvalue weighted by molar-refractivity contribution is -0.143. The van der Waals surface area contributed by atoms with Gasteiger partial charge in [-0.25, -0.2) is 4.79 Å². The summed E-state index contributed by atoms with van der Waals surface area (Å²) in [6, 6.07) is 0. The molecule has 0 radical (unpaired) electrons. The number of rotatable bonds is 1. The molecule has 20 heavy (non-hydrogen) atoms. The Morgan fingerprint density at radius 1 is 1.15 bits per heavy atom. The van der Waals surface area contributed by atoms with Crippen LogP contribution in [0.25, 0.3) is 0 Å². The molecular formula is C14H23ClN2O3. The maximum Gasteiger partial charge on any atom is 0.410 e. The Hall–Kier alpha value is -0.970. The first kappa shape index (κ1) is 15.4. The van der Waals surface area contributed by atoms with E-state index in [0.29, 0.717) is 13.1 Å². The summed E-state index contributed by atoms with van der Waals surface area (Å²) in [4.78, 5) is 27.0. The normalized spacial score (nSPS) is 21.6. The number of halogens is 1. The van der Waals surface area contributed by atoms with Crippen LogP contribution < -0.4 is 0 Å². The number of alkyl halides is 1. The van der Waals surface area contributed by atoms with Crippen molar-refractivity contribution in [3.63, 3.8) is 0 Å². The van der Waals surface area contributed by atoms with Gasteiger partial charge in [-0.15, -0.1) is 11.6 Å². The van der Waals surface area contributed by atoms with Gasteiger partial charge in [0.05, 0.1) is 0 Å². The fourth-order valence-electron chi connectivity index (χ4n) is 2.83. The van der Waals surface area contributed by atoms with E-state index in [1.54, 1.807) is 9.80 Å². The highest BCUT2D eigenvalue weighted by atomic mass is 35.5. The summed E-state index contributed by atoms with van der Waals surface area (Å²) in [5.74, 6) is 0.0620. The molecule has 0 bridgehead atoms. The monoisotopic (exact) mass is 302 g/mol. The molecule has 2 amide bonds. The molecule has 0 aromatic rings. The van der Waals surface area contributed by atoms with Crippen molar-refractivity contribution in [2.24, 2.45) is 5.41 Å². The fourth-order valence-corrected chi connectivity index (χ4v) is 3.00. The number of nitrogens with zero attached hydrogens (tertiary/aromatic N) is 2. The molecule has 0 aliphatic carbocycles. The molecular weight excluding hydrogens is 280 g/mol. The third kappa shape index (κ3) is 3.37. The van der Waals surface area contributed by atoms with Gasteiger partial charge in [0.25, 0.3) is 0 Å². The average molecular weight is 303 g/mol. The van der Waals surface area contributed by atoms with Crippen LogP contribution in [0.15, 0.2) is 0 Å². The zero-order valence-electron chi connectivity index (χ0n) is 12.4. The molecule has 2 fully saturated rings. The largest absolute Gasteiger partial charge is 0.444 e. The minimum Gasteiger partial charge on any atom is -0.444 e. The lowest BCUT2D eigenvalue weighted by Crippen LogP contribution is -2.62. The van der Waals surface area contributed by atoms with Gasteiger partial charge in [-0.05, 0) is 33.6 Å². The van der Waals surface area contributed by atoms with Gasteiger partial charge in [-0.1, -0.05) is 0 Å². The van der Waals surface area contributed by atoms with Gasteiger partial charge in [0.2, 0.25) is 5.91 Å². The number of hydrogen-bond acceptors (Lipinski definition) is 3. The summed E-state index contributed by atoms with van der Waals surface area (Å²) in [6.45, 7) is 8.59. The second-order valence-electron chi connectivity index (χ2n) is 6.85. The maximum atomic E-state index is 12.0. The molecule has 0 aromatic heterocycles. The second-order valence-corrected chi connectivity index (χ2v) is 7.12. The zero-order valence-corrected chi connectivity index (χ0v) is 13.2. The highest BCUT2D eigenvalue weighted by Crippen LogP contribution is 2.40. The van der Waals surface area contributed by atoms with Crippen LogP contribution in [-0.2, 0) is 9.53 Å². The lowest BCUT2D eigenvalue weighted by atomic mass is 9.72. The Morgan fingerprint density at radius 3 is 2.15 bits per heavy atom. The van der Waals surface area contributed by atoms with Crippen LogP contribution in [0.2, 0.25) is 0 Å². The highest BCUT2D eigenvalue weighted by molar-refractivity contribution is 6.27. The molecule has 0 unspecified atom stereocenters. The van der Waals surface area contributed by atoms with Crippen molar-refractivity contribution in [1.29, 1.82) is 0 Å². The molecule has 6 heteroatoms. The molecule has 2 aliphatic rings. The van der Waals surface area contributed by atoms with Crippen molar-refractivity contribution in [3.05, 3.63) is 0 Å². The van der Waals surface area contributed by atoms with E-state index in [0.717, 1.165) is 25.9 Å².